The molecule has 0 saturated carbocycles. The normalized spacial score (nSPS) is 26.1. The first-order chi connectivity index (χ1) is 19.3. The predicted molar refractivity (Wildman–Crippen MR) is 153 cm³/mol. The third-order valence-electron chi connectivity index (χ3n) is 6.85. The fourth-order valence-corrected chi connectivity index (χ4v) is 4.59. The van der Waals surface area contributed by atoms with E-state index >= 15 is 0 Å². The lowest BCUT2D eigenvalue weighted by atomic mass is 10.1. The van der Waals surface area contributed by atoms with E-state index in [1.165, 1.54) is 0 Å². The Morgan fingerprint density at radius 2 is 0.821 bits per heavy atom. The molecule has 11 heteroatoms. The van der Waals surface area contributed by atoms with Crippen molar-refractivity contribution in [3.8, 4) is 5.75 Å². The zero-order chi connectivity index (χ0) is 27.2. The van der Waals surface area contributed by atoms with Gasteiger partial charge in [0.25, 0.3) is 0 Å². The van der Waals surface area contributed by atoms with Gasteiger partial charge < -0.3 is 45.3 Å². The Labute approximate surface area is 234 Å². The number of para-hydroxylation sites is 1. The van der Waals surface area contributed by atoms with Gasteiger partial charge in [0, 0.05) is 103 Å². The molecule has 11 nitrogen and oxygen atoms in total. The third-order valence-corrected chi connectivity index (χ3v) is 6.85. The second-order valence-electron chi connectivity index (χ2n) is 9.93. The van der Waals surface area contributed by atoms with Crippen molar-refractivity contribution in [1.82, 2.24) is 31.1 Å². The molecule has 1 aromatic carbocycles. The number of rotatable bonds is 0. The molecule has 0 fully saturated rings. The van der Waals surface area contributed by atoms with Gasteiger partial charge in [-0.15, -0.1) is 0 Å². The van der Waals surface area contributed by atoms with Crippen molar-refractivity contribution >= 4 is 0 Å². The van der Waals surface area contributed by atoms with E-state index in [-0.39, 0.29) is 0 Å². The molecule has 0 unspecified atom stereocenters. The van der Waals surface area contributed by atoms with Crippen LogP contribution in [0.2, 0.25) is 0 Å². The number of phenols is 1. The summed E-state index contributed by atoms with van der Waals surface area (Å²) in [6.07, 6.45) is 0. The fourth-order valence-electron chi connectivity index (χ4n) is 4.59. The van der Waals surface area contributed by atoms with E-state index in [0.717, 1.165) is 89.7 Å². The lowest BCUT2D eigenvalue weighted by Gasteiger charge is -2.26. The van der Waals surface area contributed by atoms with Gasteiger partial charge >= 0.3 is 0 Å². The Morgan fingerprint density at radius 1 is 0.487 bits per heavy atom. The molecule has 0 spiro atoms. The van der Waals surface area contributed by atoms with Crippen molar-refractivity contribution in [3.05, 3.63) is 29.3 Å². The van der Waals surface area contributed by atoms with Crippen LogP contribution < -0.4 is 21.3 Å². The van der Waals surface area contributed by atoms with Gasteiger partial charge in [-0.2, -0.15) is 0 Å². The highest BCUT2D eigenvalue weighted by Crippen LogP contribution is 2.25. The van der Waals surface area contributed by atoms with E-state index in [4.69, 9.17) is 18.9 Å². The molecule has 39 heavy (non-hydrogen) atoms. The molecule has 2 heterocycles. The second-order valence-corrected chi connectivity index (χ2v) is 9.93. The zero-order valence-electron chi connectivity index (χ0n) is 23.8. The summed E-state index contributed by atoms with van der Waals surface area (Å²) < 4.78 is 22.8. The SMILES string of the molecule is Oc1c2cccc1CN1CCNCCOCCOCCNCCN(CCNCCOCCOCCNCC1)C2. The summed E-state index contributed by atoms with van der Waals surface area (Å²) in [6.45, 7) is 16.7. The molecule has 0 atom stereocenters. The molecule has 2 aliphatic heterocycles. The lowest BCUT2D eigenvalue weighted by Crippen LogP contribution is -2.38. The van der Waals surface area contributed by atoms with Crippen LogP contribution in [0.4, 0.5) is 0 Å². The van der Waals surface area contributed by atoms with E-state index in [9.17, 15) is 5.11 Å². The van der Waals surface area contributed by atoms with Crippen LogP contribution in [0.25, 0.3) is 0 Å². The molecule has 3 rings (SSSR count). The van der Waals surface area contributed by atoms with E-state index < -0.39 is 0 Å². The monoisotopic (exact) mass is 552 g/mol. The maximum absolute atomic E-state index is 11.3. The van der Waals surface area contributed by atoms with Gasteiger partial charge in [-0.3, -0.25) is 9.80 Å². The maximum Gasteiger partial charge on any atom is 0.124 e. The van der Waals surface area contributed by atoms with E-state index in [0.29, 0.717) is 71.7 Å². The van der Waals surface area contributed by atoms with Crippen LogP contribution in [0.3, 0.4) is 0 Å². The highest BCUT2D eigenvalue weighted by molar-refractivity contribution is 5.40. The van der Waals surface area contributed by atoms with Crippen LogP contribution in [0.1, 0.15) is 11.1 Å². The Morgan fingerprint density at radius 3 is 1.15 bits per heavy atom. The largest absolute Gasteiger partial charge is 0.507 e. The van der Waals surface area contributed by atoms with Crippen molar-refractivity contribution < 1.29 is 24.1 Å². The molecule has 2 aliphatic rings. The van der Waals surface area contributed by atoms with Crippen molar-refractivity contribution in [3.63, 3.8) is 0 Å². The molecule has 0 amide bonds. The van der Waals surface area contributed by atoms with E-state index in [1.54, 1.807) is 0 Å². The van der Waals surface area contributed by atoms with Gasteiger partial charge in [0.05, 0.1) is 52.9 Å². The standard InChI is InChI=1S/C28H52N6O5/c35-28-26-2-1-3-27(28)25-34-14-6-31-10-18-38-22-20-36-16-8-29-4-12-33(24-26)13-5-30-9-17-37-21-23-39-19-11-32-7-15-34/h1-3,29-32,35H,4-25H2. The molecule has 0 radical (unpaired) electrons. The number of nitrogens with zero attached hydrogens (tertiary/aromatic N) is 2. The quantitative estimate of drug-likeness (QED) is 0.286. The molecule has 5 N–H and O–H groups in total. The Bertz CT molecular complexity index is 658. The minimum atomic E-state index is 0.412. The topological polar surface area (TPSA) is 112 Å². The molecular weight excluding hydrogens is 500 g/mol. The summed E-state index contributed by atoms with van der Waals surface area (Å²) in [4.78, 5) is 4.78. The lowest BCUT2D eigenvalue weighted by molar-refractivity contribution is 0.0491. The number of hydrogen-bond donors (Lipinski definition) is 5. The Hall–Kier alpha value is -1.38. The van der Waals surface area contributed by atoms with Crippen LogP contribution in [0.15, 0.2) is 18.2 Å². The Kier molecular flexibility index (Phi) is 17.6. The average molecular weight is 553 g/mol. The molecule has 1 aromatic rings. The number of phenolic OH excluding ortho intramolecular Hbond substituents is 1. The maximum atomic E-state index is 11.3. The predicted octanol–water partition coefficient (Wildman–Crippen LogP) is -0.552. The summed E-state index contributed by atoms with van der Waals surface area (Å²) >= 11 is 0. The minimum Gasteiger partial charge on any atom is -0.507 e. The van der Waals surface area contributed by atoms with Crippen LogP contribution in [-0.4, -0.2) is 146 Å². The second kappa shape index (κ2) is 21.4. The van der Waals surface area contributed by atoms with Crippen molar-refractivity contribution in [2.24, 2.45) is 0 Å². The van der Waals surface area contributed by atoms with Gasteiger partial charge in [-0.1, -0.05) is 18.2 Å². The summed E-state index contributed by atoms with van der Waals surface area (Å²) in [7, 11) is 0. The molecule has 0 aliphatic carbocycles. The molecule has 224 valence electrons. The van der Waals surface area contributed by atoms with E-state index in [1.807, 2.05) is 12.1 Å². The number of nitrogens with one attached hydrogen (secondary N) is 4. The van der Waals surface area contributed by atoms with Crippen LogP contribution in [0, 0.1) is 0 Å². The van der Waals surface area contributed by atoms with Crippen molar-refractivity contribution in [2.45, 2.75) is 13.1 Å². The average Bonchev–Trinajstić information content (AvgIpc) is 2.93. The van der Waals surface area contributed by atoms with Gasteiger partial charge in [-0.25, -0.2) is 0 Å². The molecule has 0 aromatic heterocycles. The number of aromatic hydroxyl groups is 1. The fraction of sp³-hybridized carbons (Fsp3) is 0.786. The number of fused-ring (bicyclic) bond motifs is 2. The summed E-state index contributed by atoms with van der Waals surface area (Å²) in [5.41, 5.74) is 1.95. The zero-order valence-corrected chi connectivity index (χ0v) is 23.8. The summed E-state index contributed by atoms with van der Waals surface area (Å²) in [6, 6.07) is 6.17. The summed E-state index contributed by atoms with van der Waals surface area (Å²) in [5.74, 6) is 0.412. The highest BCUT2D eigenvalue weighted by atomic mass is 16.5. The van der Waals surface area contributed by atoms with E-state index in [2.05, 4.69) is 37.1 Å². The van der Waals surface area contributed by atoms with Crippen molar-refractivity contribution in [1.29, 1.82) is 0 Å². The van der Waals surface area contributed by atoms with Crippen LogP contribution in [0.5, 0.6) is 5.75 Å². The number of benzene rings is 1. The first-order valence-electron chi connectivity index (χ1n) is 14.7. The first-order valence-corrected chi connectivity index (χ1v) is 14.7. The smallest absolute Gasteiger partial charge is 0.124 e. The third kappa shape index (κ3) is 14.7. The summed E-state index contributed by atoms with van der Waals surface area (Å²) in [5, 5.41) is 25.2. The number of hydrogen-bond acceptors (Lipinski definition) is 11. The molecular formula is C28H52N6O5. The molecule has 4 bridgehead atoms. The van der Waals surface area contributed by atoms with Gasteiger partial charge in [0.15, 0.2) is 0 Å². The van der Waals surface area contributed by atoms with Crippen LogP contribution in [-0.2, 0) is 32.0 Å². The Balaban J connectivity index is 1.70. The number of ether oxygens (including phenoxy) is 4. The highest BCUT2D eigenvalue weighted by Gasteiger charge is 2.15. The minimum absolute atomic E-state index is 0.412. The van der Waals surface area contributed by atoms with Gasteiger partial charge in [0.2, 0.25) is 0 Å². The van der Waals surface area contributed by atoms with Crippen molar-refractivity contribution in [2.75, 3.05) is 131 Å². The van der Waals surface area contributed by atoms with Gasteiger partial charge in [-0.05, 0) is 0 Å². The van der Waals surface area contributed by atoms with Gasteiger partial charge in [0.1, 0.15) is 5.75 Å². The first kappa shape index (κ1) is 32.1. The molecule has 0 saturated heterocycles. The van der Waals surface area contributed by atoms with Crippen LogP contribution >= 0.6 is 0 Å².